The third-order valence-corrected chi connectivity index (χ3v) is 1.47. The van der Waals surface area contributed by atoms with Crippen LogP contribution in [0.4, 0.5) is 0 Å². The fourth-order valence-corrected chi connectivity index (χ4v) is 0.887. The molecule has 11 heavy (non-hydrogen) atoms. The summed E-state index contributed by atoms with van der Waals surface area (Å²) in [7, 11) is 0. The van der Waals surface area contributed by atoms with E-state index in [0.717, 1.165) is 31.6 Å². The first kappa shape index (κ1) is 8.14. The van der Waals surface area contributed by atoms with Crippen LogP contribution in [-0.2, 0) is 6.42 Å². The molecule has 0 bridgehead atoms. The molecular formula is C8H13N3. The molecule has 0 aliphatic carbocycles. The highest BCUT2D eigenvalue weighted by Crippen LogP contribution is 1.95. The van der Waals surface area contributed by atoms with Gasteiger partial charge in [-0.3, -0.25) is 0 Å². The molecule has 0 aliphatic heterocycles. The van der Waals surface area contributed by atoms with Crippen LogP contribution in [0.5, 0.6) is 0 Å². The van der Waals surface area contributed by atoms with E-state index < -0.39 is 0 Å². The van der Waals surface area contributed by atoms with Gasteiger partial charge in [-0.25, -0.2) is 9.97 Å². The Hall–Kier alpha value is -0.960. The number of hydrogen-bond donors (Lipinski definition) is 1. The predicted octanol–water partition coefficient (Wildman–Crippen LogP) is 0.758. The third-order valence-electron chi connectivity index (χ3n) is 1.47. The Morgan fingerprint density at radius 3 is 2.55 bits per heavy atom. The summed E-state index contributed by atoms with van der Waals surface area (Å²) in [6, 6.07) is 1.83. The summed E-state index contributed by atoms with van der Waals surface area (Å²) in [6.07, 6.45) is 6.62. The Labute approximate surface area is 66.7 Å². The lowest BCUT2D eigenvalue weighted by molar-refractivity contribution is 0.716. The van der Waals surface area contributed by atoms with Crippen LogP contribution in [0.2, 0.25) is 0 Å². The first-order chi connectivity index (χ1) is 5.43. The van der Waals surface area contributed by atoms with E-state index in [1.54, 1.807) is 12.4 Å². The average Bonchev–Trinajstić information content (AvgIpc) is 2.07. The maximum atomic E-state index is 5.35. The van der Waals surface area contributed by atoms with E-state index in [4.69, 9.17) is 5.73 Å². The lowest BCUT2D eigenvalue weighted by Gasteiger charge is -1.96. The van der Waals surface area contributed by atoms with Crippen molar-refractivity contribution in [3.63, 3.8) is 0 Å². The van der Waals surface area contributed by atoms with Crippen LogP contribution in [0.25, 0.3) is 0 Å². The van der Waals surface area contributed by atoms with Gasteiger partial charge in [-0.1, -0.05) is 0 Å². The monoisotopic (exact) mass is 151 g/mol. The molecule has 0 aliphatic rings. The van der Waals surface area contributed by atoms with Gasteiger partial charge in [0.25, 0.3) is 0 Å². The number of aromatic nitrogens is 2. The summed E-state index contributed by atoms with van der Waals surface area (Å²) in [6.45, 7) is 0.757. The topological polar surface area (TPSA) is 51.8 Å². The van der Waals surface area contributed by atoms with Gasteiger partial charge in [0.15, 0.2) is 0 Å². The van der Waals surface area contributed by atoms with E-state index in [9.17, 15) is 0 Å². The predicted molar refractivity (Wildman–Crippen MR) is 44.0 cm³/mol. The molecule has 1 heterocycles. The highest BCUT2D eigenvalue weighted by molar-refractivity contribution is 4.88. The van der Waals surface area contributed by atoms with Gasteiger partial charge < -0.3 is 5.73 Å². The van der Waals surface area contributed by atoms with Crippen LogP contribution in [0.15, 0.2) is 18.5 Å². The van der Waals surface area contributed by atoms with Crippen LogP contribution in [0.1, 0.15) is 18.7 Å². The lowest BCUT2D eigenvalue weighted by Crippen LogP contribution is -2.00. The van der Waals surface area contributed by atoms with Crippen molar-refractivity contribution in [2.24, 2.45) is 5.73 Å². The van der Waals surface area contributed by atoms with E-state index in [1.165, 1.54) is 0 Å². The Morgan fingerprint density at radius 2 is 1.91 bits per heavy atom. The summed E-state index contributed by atoms with van der Waals surface area (Å²) in [5.74, 6) is 0.918. The largest absolute Gasteiger partial charge is 0.330 e. The summed E-state index contributed by atoms with van der Waals surface area (Å²) in [5.41, 5.74) is 5.35. The van der Waals surface area contributed by atoms with E-state index >= 15 is 0 Å². The number of unbranched alkanes of at least 4 members (excludes halogenated alkanes) is 1. The van der Waals surface area contributed by atoms with E-state index in [0.29, 0.717) is 0 Å². The summed E-state index contributed by atoms with van der Waals surface area (Å²) < 4.78 is 0. The van der Waals surface area contributed by atoms with Gasteiger partial charge in [-0.2, -0.15) is 0 Å². The van der Waals surface area contributed by atoms with Gasteiger partial charge >= 0.3 is 0 Å². The van der Waals surface area contributed by atoms with Crippen molar-refractivity contribution in [3.05, 3.63) is 24.3 Å². The highest BCUT2D eigenvalue weighted by atomic mass is 14.8. The second kappa shape index (κ2) is 4.79. The number of hydrogen-bond acceptors (Lipinski definition) is 3. The minimum Gasteiger partial charge on any atom is -0.330 e. The molecule has 1 rings (SSSR count). The minimum absolute atomic E-state index is 0.757. The van der Waals surface area contributed by atoms with Gasteiger partial charge in [-0.05, 0) is 25.5 Å². The maximum absolute atomic E-state index is 5.35. The molecule has 1 aromatic rings. The van der Waals surface area contributed by atoms with Crippen molar-refractivity contribution in [2.75, 3.05) is 6.54 Å². The van der Waals surface area contributed by atoms with Crippen molar-refractivity contribution in [1.29, 1.82) is 0 Å². The minimum atomic E-state index is 0.757. The Balaban J connectivity index is 2.28. The summed E-state index contributed by atoms with van der Waals surface area (Å²) in [5, 5.41) is 0. The molecule has 2 N–H and O–H groups in total. The first-order valence-corrected chi connectivity index (χ1v) is 3.89. The Kier molecular flexibility index (Phi) is 3.55. The molecule has 3 nitrogen and oxygen atoms in total. The molecule has 0 saturated carbocycles. The molecule has 0 fully saturated rings. The standard InChI is InChI=1S/C8H13N3/c9-5-2-1-4-8-10-6-3-7-11-8/h3,6-7H,1-2,4-5,9H2. The van der Waals surface area contributed by atoms with Crippen LogP contribution >= 0.6 is 0 Å². The normalized spacial score (nSPS) is 9.91. The van der Waals surface area contributed by atoms with Gasteiger partial charge in [0.05, 0.1) is 0 Å². The van der Waals surface area contributed by atoms with Crippen LogP contribution in [0.3, 0.4) is 0 Å². The molecule has 0 aromatic carbocycles. The number of aryl methyl sites for hydroxylation is 1. The molecule has 0 amide bonds. The van der Waals surface area contributed by atoms with Crippen molar-refractivity contribution in [2.45, 2.75) is 19.3 Å². The number of rotatable bonds is 4. The third kappa shape index (κ3) is 3.09. The van der Waals surface area contributed by atoms with Crippen molar-refractivity contribution < 1.29 is 0 Å². The van der Waals surface area contributed by atoms with Gasteiger partial charge in [0, 0.05) is 18.8 Å². The zero-order chi connectivity index (χ0) is 7.94. The van der Waals surface area contributed by atoms with Crippen LogP contribution < -0.4 is 5.73 Å². The van der Waals surface area contributed by atoms with Gasteiger partial charge in [0.1, 0.15) is 5.82 Å². The fraction of sp³-hybridized carbons (Fsp3) is 0.500. The van der Waals surface area contributed by atoms with Crippen LogP contribution in [-0.4, -0.2) is 16.5 Å². The molecular weight excluding hydrogens is 138 g/mol. The van der Waals surface area contributed by atoms with Crippen molar-refractivity contribution >= 4 is 0 Å². The summed E-state index contributed by atoms with van der Waals surface area (Å²) >= 11 is 0. The van der Waals surface area contributed by atoms with Crippen molar-refractivity contribution in [3.8, 4) is 0 Å². The second-order valence-corrected chi connectivity index (χ2v) is 2.41. The van der Waals surface area contributed by atoms with Gasteiger partial charge in [-0.15, -0.1) is 0 Å². The smallest absolute Gasteiger partial charge is 0.128 e. The first-order valence-electron chi connectivity index (χ1n) is 3.89. The molecule has 1 aromatic heterocycles. The second-order valence-electron chi connectivity index (χ2n) is 2.41. The van der Waals surface area contributed by atoms with Crippen LogP contribution in [0, 0.1) is 0 Å². The molecule has 3 heteroatoms. The maximum Gasteiger partial charge on any atom is 0.128 e. The van der Waals surface area contributed by atoms with E-state index in [2.05, 4.69) is 9.97 Å². The SMILES string of the molecule is NCCCCc1ncccn1. The highest BCUT2D eigenvalue weighted by Gasteiger charge is 1.92. The quantitative estimate of drug-likeness (QED) is 0.646. The van der Waals surface area contributed by atoms with Gasteiger partial charge in [0.2, 0.25) is 0 Å². The van der Waals surface area contributed by atoms with E-state index in [-0.39, 0.29) is 0 Å². The number of nitrogens with zero attached hydrogens (tertiary/aromatic N) is 2. The molecule has 0 unspecified atom stereocenters. The Bertz CT molecular complexity index is 186. The fourth-order valence-electron chi connectivity index (χ4n) is 0.887. The summed E-state index contributed by atoms with van der Waals surface area (Å²) in [4.78, 5) is 8.20. The zero-order valence-corrected chi connectivity index (χ0v) is 6.53. The lowest BCUT2D eigenvalue weighted by atomic mass is 10.2. The average molecular weight is 151 g/mol. The zero-order valence-electron chi connectivity index (χ0n) is 6.53. The molecule has 0 radical (unpaired) electrons. The molecule has 0 saturated heterocycles. The molecule has 0 atom stereocenters. The van der Waals surface area contributed by atoms with Crippen molar-refractivity contribution in [1.82, 2.24) is 9.97 Å². The molecule has 0 spiro atoms. The Morgan fingerprint density at radius 1 is 1.18 bits per heavy atom. The van der Waals surface area contributed by atoms with E-state index in [1.807, 2.05) is 6.07 Å². The number of nitrogens with two attached hydrogens (primary N) is 1. The molecule has 60 valence electrons.